The van der Waals surface area contributed by atoms with Gasteiger partial charge in [0.15, 0.2) is 0 Å². The molecule has 0 aliphatic heterocycles. The zero-order chi connectivity index (χ0) is 21.8. The molecule has 0 fully saturated rings. The van der Waals surface area contributed by atoms with Gasteiger partial charge in [-0.3, -0.25) is 4.98 Å². The van der Waals surface area contributed by atoms with E-state index in [9.17, 15) is 10.2 Å². The van der Waals surface area contributed by atoms with Crippen LogP contribution in [0.3, 0.4) is 0 Å². The quantitative estimate of drug-likeness (QED) is 0.433. The van der Waals surface area contributed by atoms with Crippen LogP contribution in [0.5, 0.6) is 0 Å². The first-order valence-corrected chi connectivity index (χ1v) is 11.4. The molecule has 3 rings (SSSR count). The molecule has 160 valence electrons. The fraction of sp³-hybridized carbons (Fsp3) is 0.348. The number of nitrogens with zero attached hydrogens (tertiary/aromatic N) is 2. The van der Waals surface area contributed by atoms with Gasteiger partial charge in [0, 0.05) is 46.0 Å². The topological polar surface area (TPSA) is 58.3 Å². The van der Waals surface area contributed by atoms with Crippen LogP contribution < -0.4 is 0 Å². The summed E-state index contributed by atoms with van der Waals surface area (Å²) in [7, 11) is 0. The number of aliphatic hydroxyl groups is 2. The molecule has 30 heavy (non-hydrogen) atoms. The summed E-state index contributed by atoms with van der Waals surface area (Å²) < 4.78 is 2.14. The fourth-order valence-electron chi connectivity index (χ4n) is 3.66. The number of hydrogen-bond acceptors (Lipinski definition) is 4. The molecule has 3 aromatic rings. The highest BCUT2D eigenvalue weighted by molar-refractivity contribution is 7.99. The van der Waals surface area contributed by atoms with Crippen molar-refractivity contribution in [3.63, 3.8) is 0 Å². The minimum absolute atomic E-state index is 0.107. The summed E-state index contributed by atoms with van der Waals surface area (Å²) >= 11 is 14.1. The third-order valence-corrected chi connectivity index (χ3v) is 6.38. The summed E-state index contributed by atoms with van der Waals surface area (Å²) in [5.41, 5.74) is 4.05. The molecule has 1 unspecified atom stereocenters. The van der Waals surface area contributed by atoms with Gasteiger partial charge in [0.2, 0.25) is 0 Å². The summed E-state index contributed by atoms with van der Waals surface area (Å²) in [5, 5.41) is 22.6. The fourth-order valence-corrected chi connectivity index (χ4v) is 5.67. The first-order chi connectivity index (χ1) is 14.3. The third kappa shape index (κ3) is 5.40. The predicted octanol–water partition coefficient (Wildman–Crippen LogP) is 5.93. The monoisotopic (exact) mass is 464 g/mol. The number of pyridine rings is 1. The molecule has 0 bridgehead atoms. The molecule has 1 atom stereocenters. The smallest absolute Gasteiger partial charge is 0.0840 e. The number of aliphatic hydroxyl groups excluding tert-OH is 2. The molecule has 0 radical (unpaired) electrons. The van der Waals surface area contributed by atoms with Crippen molar-refractivity contribution >= 4 is 35.0 Å². The standard InChI is InChI=1S/C23H26Cl2N2O2S/c1-14(2)22-20(8-15(3)29)21(13-28)27(12-16-4-6-26-7-5-16)23(22)30-19-10-17(24)9-18(25)11-19/h4-7,9-11,14-15,28-29H,8,12-13H2,1-3H3. The molecule has 0 aliphatic rings. The Balaban J connectivity index is 2.20. The van der Waals surface area contributed by atoms with Crippen molar-refractivity contribution in [3.05, 3.63) is 75.2 Å². The van der Waals surface area contributed by atoms with Crippen LogP contribution in [0, 0.1) is 0 Å². The van der Waals surface area contributed by atoms with Gasteiger partial charge in [0.1, 0.15) is 0 Å². The lowest BCUT2D eigenvalue weighted by atomic mass is 9.96. The predicted molar refractivity (Wildman–Crippen MR) is 124 cm³/mol. The van der Waals surface area contributed by atoms with Gasteiger partial charge in [-0.15, -0.1) is 0 Å². The SMILES string of the molecule is CC(O)Cc1c(C(C)C)c(Sc2cc(Cl)cc(Cl)c2)n(Cc2ccncc2)c1CO. The van der Waals surface area contributed by atoms with Crippen LogP contribution in [-0.2, 0) is 19.6 Å². The van der Waals surface area contributed by atoms with E-state index < -0.39 is 6.10 Å². The van der Waals surface area contributed by atoms with E-state index in [0.717, 1.165) is 32.3 Å². The lowest BCUT2D eigenvalue weighted by Crippen LogP contribution is -2.10. The van der Waals surface area contributed by atoms with Crippen molar-refractivity contribution < 1.29 is 10.2 Å². The first-order valence-electron chi connectivity index (χ1n) is 9.86. The molecule has 0 spiro atoms. The van der Waals surface area contributed by atoms with E-state index in [1.807, 2.05) is 24.3 Å². The van der Waals surface area contributed by atoms with Crippen LogP contribution in [0.15, 0.2) is 52.6 Å². The van der Waals surface area contributed by atoms with Crippen molar-refractivity contribution in [1.29, 1.82) is 0 Å². The highest BCUT2D eigenvalue weighted by atomic mass is 35.5. The van der Waals surface area contributed by atoms with E-state index in [2.05, 4.69) is 23.4 Å². The Morgan fingerprint density at radius 1 is 1.07 bits per heavy atom. The van der Waals surface area contributed by atoms with Gasteiger partial charge < -0.3 is 14.8 Å². The lowest BCUT2D eigenvalue weighted by molar-refractivity contribution is 0.193. The Morgan fingerprint density at radius 3 is 2.23 bits per heavy atom. The van der Waals surface area contributed by atoms with Gasteiger partial charge >= 0.3 is 0 Å². The Labute approximate surface area is 191 Å². The van der Waals surface area contributed by atoms with Crippen molar-refractivity contribution in [2.75, 3.05) is 0 Å². The molecule has 4 nitrogen and oxygen atoms in total. The molecular weight excluding hydrogens is 439 g/mol. The van der Waals surface area contributed by atoms with Gasteiger partial charge in [-0.25, -0.2) is 0 Å². The summed E-state index contributed by atoms with van der Waals surface area (Å²) in [5.74, 6) is 0.208. The van der Waals surface area contributed by atoms with E-state index in [1.165, 1.54) is 0 Å². The maximum atomic E-state index is 10.3. The van der Waals surface area contributed by atoms with Crippen molar-refractivity contribution in [1.82, 2.24) is 9.55 Å². The zero-order valence-corrected chi connectivity index (χ0v) is 19.6. The van der Waals surface area contributed by atoms with Crippen LogP contribution in [0.4, 0.5) is 0 Å². The highest BCUT2D eigenvalue weighted by Crippen LogP contribution is 2.42. The molecule has 2 N–H and O–H groups in total. The van der Waals surface area contributed by atoms with E-state index in [0.29, 0.717) is 23.0 Å². The largest absolute Gasteiger partial charge is 0.393 e. The molecule has 7 heteroatoms. The second kappa shape index (κ2) is 10.2. The highest BCUT2D eigenvalue weighted by Gasteiger charge is 2.26. The summed E-state index contributed by atoms with van der Waals surface area (Å²) in [4.78, 5) is 5.03. The number of hydrogen-bond donors (Lipinski definition) is 2. The van der Waals surface area contributed by atoms with Crippen LogP contribution >= 0.6 is 35.0 Å². The molecule has 0 aliphatic carbocycles. The van der Waals surface area contributed by atoms with E-state index >= 15 is 0 Å². The van der Waals surface area contributed by atoms with Crippen LogP contribution in [0.25, 0.3) is 0 Å². The van der Waals surface area contributed by atoms with E-state index in [4.69, 9.17) is 23.2 Å². The average Bonchev–Trinajstić information content (AvgIpc) is 2.93. The maximum Gasteiger partial charge on any atom is 0.0840 e. The van der Waals surface area contributed by atoms with Gasteiger partial charge in [0.25, 0.3) is 0 Å². The van der Waals surface area contributed by atoms with Gasteiger partial charge in [-0.05, 0) is 59.9 Å². The van der Waals surface area contributed by atoms with Crippen LogP contribution in [-0.4, -0.2) is 25.9 Å². The minimum atomic E-state index is -0.511. The number of rotatable bonds is 8. The van der Waals surface area contributed by atoms with Gasteiger partial charge in [-0.1, -0.05) is 48.8 Å². The lowest BCUT2D eigenvalue weighted by Gasteiger charge is -2.15. The molecule has 2 heterocycles. The second-order valence-corrected chi connectivity index (χ2v) is 9.59. The average molecular weight is 465 g/mol. The van der Waals surface area contributed by atoms with Crippen molar-refractivity contribution in [2.45, 2.75) is 62.3 Å². The second-order valence-electron chi connectivity index (χ2n) is 7.66. The van der Waals surface area contributed by atoms with Crippen molar-refractivity contribution in [2.24, 2.45) is 0 Å². The first kappa shape index (κ1) is 23.2. The maximum absolute atomic E-state index is 10.3. The summed E-state index contributed by atoms with van der Waals surface area (Å²) in [6.45, 7) is 6.52. The summed E-state index contributed by atoms with van der Waals surface area (Å²) in [6, 6.07) is 9.42. The molecular formula is C23H26Cl2N2O2S. The summed E-state index contributed by atoms with van der Waals surface area (Å²) in [6.07, 6.45) is 3.50. The molecule has 1 aromatic carbocycles. The normalized spacial score (nSPS) is 12.5. The minimum Gasteiger partial charge on any atom is -0.393 e. The zero-order valence-electron chi connectivity index (χ0n) is 17.3. The van der Waals surface area contributed by atoms with Crippen LogP contribution in [0.1, 0.15) is 49.1 Å². The molecule has 0 saturated carbocycles. The Kier molecular flexibility index (Phi) is 7.88. The van der Waals surface area contributed by atoms with E-state index in [-0.39, 0.29) is 12.5 Å². The number of halogens is 2. The van der Waals surface area contributed by atoms with Crippen LogP contribution in [0.2, 0.25) is 10.0 Å². The Bertz CT molecular complexity index is 984. The van der Waals surface area contributed by atoms with Gasteiger partial charge in [0.05, 0.1) is 17.7 Å². The number of benzene rings is 1. The third-order valence-electron chi connectivity index (χ3n) is 4.84. The Morgan fingerprint density at radius 2 is 1.70 bits per heavy atom. The molecule has 2 aromatic heterocycles. The Hall–Kier alpha value is -1.50. The number of aromatic nitrogens is 2. The van der Waals surface area contributed by atoms with Crippen molar-refractivity contribution in [3.8, 4) is 0 Å². The van der Waals surface area contributed by atoms with E-state index in [1.54, 1.807) is 37.1 Å². The molecule has 0 amide bonds. The van der Waals surface area contributed by atoms with Gasteiger partial charge in [-0.2, -0.15) is 0 Å². The molecule has 0 saturated heterocycles.